The molecule has 2 atom stereocenters. The lowest BCUT2D eigenvalue weighted by atomic mass is 10.2. The summed E-state index contributed by atoms with van der Waals surface area (Å²) in [5.41, 5.74) is 0.545. The largest absolute Gasteiger partial charge is 0.373 e. The summed E-state index contributed by atoms with van der Waals surface area (Å²) in [6.45, 7) is 8.91. The number of morpholine rings is 1. The van der Waals surface area contributed by atoms with Crippen LogP contribution in [-0.2, 0) is 14.8 Å². The molecule has 2 saturated heterocycles. The van der Waals surface area contributed by atoms with Crippen LogP contribution in [0.25, 0.3) is 0 Å². The number of ether oxygens (including phenoxy) is 1. The number of sulfonamides is 1. The van der Waals surface area contributed by atoms with Crippen molar-refractivity contribution in [2.24, 2.45) is 5.92 Å². The average molecular weight is 422 g/mol. The molecule has 29 heavy (non-hydrogen) atoms. The van der Waals surface area contributed by atoms with E-state index in [1.54, 1.807) is 24.3 Å². The lowest BCUT2D eigenvalue weighted by molar-refractivity contribution is -0.0440. The summed E-state index contributed by atoms with van der Waals surface area (Å²) in [6.07, 6.45) is 2.42. The fourth-order valence-electron chi connectivity index (χ4n) is 4.23. The molecule has 2 unspecified atom stereocenters. The summed E-state index contributed by atoms with van der Waals surface area (Å²) in [7, 11) is -3.59. The van der Waals surface area contributed by atoms with Crippen molar-refractivity contribution in [3.8, 4) is 0 Å². The number of piperazine rings is 1. The van der Waals surface area contributed by atoms with E-state index in [1.807, 2.05) is 18.7 Å². The zero-order chi connectivity index (χ0) is 20.6. The van der Waals surface area contributed by atoms with Crippen LogP contribution < -0.4 is 0 Å². The fraction of sp³-hybridized carbons (Fsp3) is 0.667. The van der Waals surface area contributed by atoms with Crippen molar-refractivity contribution in [3.63, 3.8) is 0 Å². The van der Waals surface area contributed by atoms with Crippen molar-refractivity contribution >= 4 is 15.9 Å². The molecule has 0 spiro atoms. The topological polar surface area (TPSA) is 70.2 Å². The molecule has 0 radical (unpaired) electrons. The van der Waals surface area contributed by atoms with E-state index in [9.17, 15) is 13.2 Å². The van der Waals surface area contributed by atoms with Crippen molar-refractivity contribution in [2.75, 3.05) is 45.8 Å². The molecule has 2 heterocycles. The quantitative estimate of drug-likeness (QED) is 0.723. The van der Waals surface area contributed by atoms with E-state index in [4.69, 9.17) is 4.74 Å². The molecule has 2 aliphatic heterocycles. The van der Waals surface area contributed by atoms with Crippen LogP contribution in [-0.4, -0.2) is 86.5 Å². The Morgan fingerprint density at radius 3 is 2.14 bits per heavy atom. The maximum atomic E-state index is 13.0. The lowest BCUT2D eigenvalue weighted by Gasteiger charge is -2.35. The molecule has 1 aliphatic carbocycles. The first-order valence-corrected chi connectivity index (χ1v) is 12.0. The molecule has 4 rings (SSSR count). The van der Waals surface area contributed by atoms with Crippen LogP contribution in [0.4, 0.5) is 0 Å². The monoisotopic (exact) mass is 421 g/mol. The molecule has 0 aromatic heterocycles. The summed E-state index contributed by atoms with van der Waals surface area (Å²) in [5, 5.41) is 0. The molecule has 160 valence electrons. The van der Waals surface area contributed by atoms with E-state index in [2.05, 4.69) is 4.90 Å². The minimum Gasteiger partial charge on any atom is -0.373 e. The number of benzene rings is 1. The second kappa shape index (κ2) is 8.34. The van der Waals surface area contributed by atoms with Gasteiger partial charge in [-0.25, -0.2) is 8.42 Å². The number of amides is 1. The Kier molecular flexibility index (Phi) is 5.97. The van der Waals surface area contributed by atoms with E-state index in [1.165, 1.54) is 17.1 Å². The van der Waals surface area contributed by atoms with Gasteiger partial charge in [0.25, 0.3) is 5.91 Å². The van der Waals surface area contributed by atoms with Gasteiger partial charge in [-0.1, -0.05) is 0 Å². The Hall–Kier alpha value is -1.48. The molecule has 1 amide bonds. The highest BCUT2D eigenvalue weighted by Crippen LogP contribution is 2.30. The van der Waals surface area contributed by atoms with Gasteiger partial charge in [0.1, 0.15) is 0 Å². The van der Waals surface area contributed by atoms with Gasteiger partial charge in [-0.2, -0.15) is 4.31 Å². The lowest BCUT2D eigenvalue weighted by Crippen LogP contribution is -2.49. The zero-order valence-corrected chi connectivity index (χ0v) is 18.1. The van der Waals surface area contributed by atoms with E-state index in [0.29, 0.717) is 18.7 Å². The Bertz CT molecular complexity index is 820. The Balaban J connectivity index is 1.39. The van der Waals surface area contributed by atoms with Crippen LogP contribution in [0.5, 0.6) is 0 Å². The molecule has 7 nitrogen and oxygen atoms in total. The van der Waals surface area contributed by atoms with Crippen LogP contribution in [0.1, 0.15) is 37.0 Å². The Labute approximate surface area is 173 Å². The highest BCUT2D eigenvalue weighted by molar-refractivity contribution is 7.89. The summed E-state index contributed by atoms with van der Waals surface area (Å²) in [6, 6.07) is 6.38. The second-order valence-electron chi connectivity index (χ2n) is 8.64. The van der Waals surface area contributed by atoms with Crippen LogP contribution in [0, 0.1) is 5.92 Å². The Morgan fingerprint density at radius 2 is 1.59 bits per heavy atom. The van der Waals surface area contributed by atoms with Crippen LogP contribution in [0.2, 0.25) is 0 Å². The standard InChI is InChI=1S/C21H31N3O4S/c1-16-13-24(14-17(2)28-16)29(26,27)20-7-5-19(6-8-20)21(25)23-11-9-22(10-12-23)15-18-3-4-18/h5-8,16-18H,3-4,9-15H2,1-2H3. The summed E-state index contributed by atoms with van der Waals surface area (Å²) >= 11 is 0. The highest BCUT2D eigenvalue weighted by atomic mass is 32.2. The maximum absolute atomic E-state index is 13.0. The van der Waals surface area contributed by atoms with Gasteiger partial charge in [-0.05, 0) is 56.9 Å². The normalized spacial score (nSPS) is 27.2. The molecule has 1 aromatic carbocycles. The van der Waals surface area contributed by atoms with Crippen molar-refractivity contribution in [1.82, 2.24) is 14.1 Å². The van der Waals surface area contributed by atoms with Gasteiger partial charge in [0.2, 0.25) is 10.0 Å². The Morgan fingerprint density at radius 1 is 1.00 bits per heavy atom. The molecular weight excluding hydrogens is 390 g/mol. The molecule has 0 bridgehead atoms. The zero-order valence-electron chi connectivity index (χ0n) is 17.3. The third kappa shape index (κ3) is 4.82. The fourth-order valence-corrected chi connectivity index (χ4v) is 5.82. The first-order valence-electron chi connectivity index (χ1n) is 10.6. The third-order valence-corrected chi connectivity index (χ3v) is 7.84. The minimum atomic E-state index is -3.59. The number of nitrogens with zero attached hydrogens (tertiary/aromatic N) is 3. The van der Waals surface area contributed by atoms with Crippen LogP contribution >= 0.6 is 0 Å². The van der Waals surface area contributed by atoms with E-state index < -0.39 is 10.0 Å². The van der Waals surface area contributed by atoms with Gasteiger partial charge >= 0.3 is 0 Å². The predicted octanol–water partition coefficient (Wildman–Crippen LogP) is 1.65. The third-order valence-electron chi connectivity index (χ3n) is 6.00. The smallest absolute Gasteiger partial charge is 0.253 e. The van der Waals surface area contributed by atoms with Crippen molar-refractivity contribution in [2.45, 2.75) is 43.8 Å². The number of hydrogen-bond acceptors (Lipinski definition) is 5. The average Bonchev–Trinajstić information content (AvgIpc) is 3.51. The van der Waals surface area contributed by atoms with Crippen molar-refractivity contribution in [3.05, 3.63) is 29.8 Å². The SMILES string of the molecule is CC1CN(S(=O)(=O)c2ccc(C(=O)N3CCN(CC4CC4)CC3)cc2)CC(C)O1. The second-order valence-corrected chi connectivity index (χ2v) is 10.6. The minimum absolute atomic E-state index is 0.0198. The van der Waals surface area contributed by atoms with Gasteiger partial charge in [0.05, 0.1) is 17.1 Å². The predicted molar refractivity (Wildman–Crippen MR) is 110 cm³/mol. The summed E-state index contributed by atoms with van der Waals surface area (Å²) < 4.78 is 33.0. The molecule has 1 saturated carbocycles. The molecular formula is C21H31N3O4S. The molecule has 0 N–H and O–H groups in total. The van der Waals surface area contributed by atoms with Gasteiger partial charge in [-0.3, -0.25) is 9.69 Å². The maximum Gasteiger partial charge on any atom is 0.253 e. The number of carbonyl (C=O) groups is 1. The summed E-state index contributed by atoms with van der Waals surface area (Å²) in [5.74, 6) is 0.845. The first kappa shape index (κ1) is 20.8. The molecule has 1 aromatic rings. The van der Waals surface area contributed by atoms with Gasteiger partial charge in [-0.15, -0.1) is 0 Å². The summed E-state index contributed by atoms with van der Waals surface area (Å²) in [4.78, 5) is 17.4. The van der Waals surface area contributed by atoms with Gasteiger partial charge in [0, 0.05) is 51.4 Å². The van der Waals surface area contributed by atoms with E-state index in [0.717, 1.165) is 38.6 Å². The van der Waals surface area contributed by atoms with Crippen LogP contribution in [0.3, 0.4) is 0 Å². The van der Waals surface area contributed by atoms with E-state index >= 15 is 0 Å². The number of carbonyl (C=O) groups excluding carboxylic acids is 1. The number of hydrogen-bond donors (Lipinski definition) is 0. The van der Waals surface area contributed by atoms with E-state index in [-0.39, 0.29) is 23.0 Å². The van der Waals surface area contributed by atoms with Crippen molar-refractivity contribution in [1.29, 1.82) is 0 Å². The first-order chi connectivity index (χ1) is 13.8. The van der Waals surface area contributed by atoms with Gasteiger partial charge in [0.15, 0.2) is 0 Å². The highest BCUT2D eigenvalue weighted by Gasteiger charge is 2.32. The number of rotatable bonds is 5. The molecule has 3 fully saturated rings. The van der Waals surface area contributed by atoms with Crippen LogP contribution in [0.15, 0.2) is 29.2 Å². The van der Waals surface area contributed by atoms with Crippen molar-refractivity contribution < 1.29 is 17.9 Å². The van der Waals surface area contributed by atoms with Gasteiger partial charge < -0.3 is 9.64 Å². The molecule has 8 heteroatoms. The molecule has 3 aliphatic rings.